The second-order valence-corrected chi connectivity index (χ2v) is 10.0. The summed E-state index contributed by atoms with van der Waals surface area (Å²) in [4.78, 5) is 29.5. The molecule has 1 aliphatic heterocycles. The number of likely N-dealkylation sites (tertiary alicyclic amines) is 1. The number of ether oxygens (including phenoxy) is 3. The van der Waals surface area contributed by atoms with Crippen molar-refractivity contribution >= 4 is 23.6 Å². The Kier molecular flexibility index (Phi) is 7.54. The molecule has 1 aliphatic rings. The van der Waals surface area contributed by atoms with Gasteiger partial charge in [-0.05, 0) is 48.9 Å². The van der Waals surface area contributed by atoms with Gasteiger partial charge in [0.25, 0.3) is 0 Å². The number of hydrogen-bond acceptors (Lipinski definition) is 6. The number of thioether (sulfide) groups is 1. The Bertz CT molecular complexity index is 1250. The largest absolute Gasteiger partial charge is 0.497 e. The summed E-state index contributed by atoms with van der Waals surface area (Å²) in [6, 6.07) is 18.3. The van der Waals surface area contributed by atoms with Gasteiger partial charge in [-0.1, -0.05) is 29.8 Å². The standard InChI is InChI=1S/C28H28FNO5S/c1-18-5-13-23(14-6-18)36-28(27(32)35-4)16-25(31)30(26(28)19-7-10-21(29)11-8-19)17-20-9-12-22(33-2)15-24(20)34-3/h5-15,26H,16-17H2,1-4H3/t26?,28-/m1/s1. The molecule has 4 rings (SSSR count). The second-order valence-electron chi connectivity index (χ2n) is 8.63. The first-order chi connectivity index (χ1) is 17.3. The molecule has 3 aromatic carbocycles. The van der Waals surface area contributed by atoms with E-state index in [0.717, 1.165) is 16.0 Å². The van der Waals surface area contributed by atoms with Crippen molar-refractivity contribution in [2.24, 2.45) is 0 Å². The van der Waals surface area contributed by atoms with Gasteiger partial charge in [-0.3, -0.25) is 9.59 Å². The van der Waals surface area contributed by atoms with E-state index in [9.17, 15) is 14.0 Å². The number of hydrogen-bond donors (Lipinski definition) is 0. The summed E-state index contributed by atoms with van der Waals surface area (Å²) in [7, 11) is 4.44. The Morgan fingerprint density at radius 2 is 1.72 bits per heavy atom. The molecule has 8 heteroatoms. The normalized spacial score (nSPS) is 19.3. The number of carbonyl (C=O) groups is 2. The van der Waals surface area contributed by atoms with Crippen LogP contribution in [0.1, 0.15) is 29.2 Å². The van der Waals surface area contributed by atoms with Crippen LogP contribution in [0.5, 0.6) is 11.5 Å². The maximum Gasteiger partial charge on any atom is 0.325 e. The summed E-state index contributed by atoms with van der Waals surface area (Å²) >= 11 is 1.30. The summed E-state index contributed by atoms with van der Waals surface area (Å²) in [5.74, 6) is 0.0486. The number of rotatable bonds is 8. The highest BCUT2D eigenvalue weighted by molar-refractivity contribution is 8.01. The highest BCUT2D eigenvalue weighted by Gasteiger charge is 2.59. The quantitative estimate of drug-likeness (QED) is 0.383. The lowest BCUT2D eigenvalue weighted by atomic mass is 9.92. The molecule has 1 amide bonds. The lowest BCUT2D eigenvalue weighted by molar-refractivity contribution is -0.144. The Morgan fingerprint density at radius 1 is 1.03 bits per heavy atom. The SMILES string of the molecule is COC(=O)[C@@]1(Sc2ccc(C)cc2)CC(=O)N(Cc2ccc(OC)cc2OC)C1c1ccc(F)cc1. The number of aryl methyl sites for hydroxylation is 1. The molecule has 0 bridgehead atoms. The van der Waals surface area contributed by atoms with Crippen molar-refractivity contribution in [3.63, 3.8) is 0 Å². The maximum absolute atomic E-state index is 13.9. The molecule has 3 aromatic rings. The third-order valence-electron chi connectivity index (χ3n) is 6.36. The molecule has 36 heavy (non-hydrogen) atoms. The third kappa shape index (κ3) is 4.91. The molecule has 188 valence electrons. The van der Waals surface area contributed by atoms with Crippen LogP contribution in [0.15, 0.2) is 71.6 Å². The fourth-order valence-electron chi connectivity index (χ4n) is 4.57. The number of carbonyl (C=O) groups excluding carboxylic acids is 2. The molecule has 0 saturated carbocycles. The molecule has 0 aromatic heterocycles. The molecule has 0 aliphatic carbocycles. The monoisotopic (exact) mass is 509 g/mol. The Hall–Kier alpha value is -3.52. The lowest BCUT2D eigenvalue weighted by Crippen LogP contribution is -2.42. The average Bonchev–Trinajstić information content (AvgIpc) is 3.17. The van der Waals surface area contributed by atoms with E-state index in [2.05, 4.69) is 0 Å². The fourth-order valence-corrected chi connectivity index (χ4v) is 6.00. The van der Waals surface area contributed by atoms with Crippen molar-refractivity contribution in [3.05, 3.63) is 89.2 Å². The number of esters is 1. The van der Waals surface area contributed by atoms with Crippen LogP contribution in [0.4, 0.5) is 4.39 Å². The zero-order valence-corrected chi connectivity index (χ0v) is 21.4. The molecule has 1 fully saturated rings. The molecule has 0 spiro atoms. The van der Waals surface area contributed by atoms with E-state index >= 15 is 0 Å². The van der Waals surface area contributed by atoms with Gasteiger partial charge in [0.1, 0.15) is 17.3 Å². The topological polar surface area (TPSA) is 65.1 Å². The molecular formula is C28H28FNO5S. The van der Waals surface area contributed by atoms with Crippen LogP contribution in [0.2, 0.25) is 0 Å². The van der Waals surface area contributed by atoms with Gasteiger partial charge < -0.3 is 19.1 Å². The highest BCUT2D eigenvalue weighted by atomic mass is 32.2. The maximum atomic E-state index is 13.9. The highest BCUT2D eigenvalue weighted by Crippen LogP contribution is 2.54. The second kappa shape index (κ2) is 10.6. The minimum Gasteiger partial charge on any atom is -0.497 e. The first-order valence-electron chi connectivity index (χ1n) is 11.4. The van der Waals surface area contributed by atoms with Crippen molar-refractivity contribution in [1.82, 2.24) is 4.90 Å². The van der Waals surface area contributed by atoms with Crippen LogP contribution in [-0.4, -0.2) is 42.9 Å². The first-order valence-corrected chi connectivity index (χ1v) is 12.2. The van der Waals surface area contributed by atoms with E-state index in [-0.39, 0.29) is 18.9 Å². The van der Waals surface area contributed by atoms with Crippen LogP contribution in [0.3, 0.4) is 0 Å². The van der Waals surface area contributed by atoms with Crippen LogP contribution in [0.25, 0.3) is 0 Å². The van der Waals surface area contributed by atoms with Gasteiger partial charge in [0.2, 0.25) is 5.91 Å². The fraction of sp³-hybridized carbons (Fsp3) is 0.286. The molecule has 6 nitrogen and oxygen atoms in total. The van der Waals surface area contributed by atoms with Gasteiger partial charge in [0, 0.05) is 23.1 Å². The molecular weight excluding hydrogens is 481 g/mol. The van der Waals surface area contributed by atoms with E-state index in [1.54, 1.807) is 43.4 Å². The van der Waals surface area contributed by atoms with Gasteiger partial charge in [0.15, 0.2) is 4.75 Å². The lowest BCUT2D eigenvalue weighted by Gasteiger charge is -2.35. The van der Waals surface area contributed by atoms with Crippen molar-refractivity contribution in [1.29, 1.82) is 0 Å². The molecule has 1 unspecified atom stereocenters. The third-order valence-corrected chi connectivity index (χ3v) is 7.77. The minimum absolute atomic E-state index is 0.0707. The number of halogens is 1. The smallest absolute Gasteiger partial charge is 0.325 e. The predicted molar refractivity (Wildman–Crippen MR) is 136 cm³/mol. The minimum atomic E-state index is -1.28. The predicted octanol–water partition coefficient (Wildman–Crippen LogP) is 5.33. The van der Waals surface area contributed by atoms with E-state index in [1.807, 2.05) is 37.3 Å². The summed E-state index contributed by atoms with van der Waals surface area (Å²) in [6.45, 7) is 2.16. The Balaban J connectivity index is 1.83. The van der Waals surface area contributed by atoms with Crippen molar-refractivity contribution in [3.8, 4) is 11.5 Å². The Labute approximate surface area is 214 Å². The van der Waals surface area contributed by atoms with E-state index in [0.29, 0.717) is 17.1 Å². The van der Waals surface area contributed by atoms with Gasteiger partial charge in [-0.25, -0.2) is 4.39 Å². The van der Waals surface area contributed by atoms with Gasteiger partial charge >= 0.3 is 5.97 Å². The number of nitrogens with zero attached hydrogens (tertiary/aromatic N) is 1. The number of benzene rings is 3. The number of methoxy groups -OCH3 is 3. The Morgan fingerprint density at radius 3 is 2.33 bits per heavy atom. The molecule has 0 radical (unpaired) electrons. The van der Waals surface area contributed by atoms with Crippen molar-refractivity contribution in [2.45, 2.75) is 35.6 Å². The van der Waals surface area contributed by atoms with Gasteiger partial charge in [-0.15, -0.1) is 11.8 Å². The summed E-state index contributed by atoms with van der Waals surface area (Å²) in [5, 5.41) is 0. The zero-order chi connectivity index (χ0) is 25.9. The zero-order valence-electron chi connectivity index (χ0n) is 20.6. The van der Waals surface area contributed by atoms with Gasteiger partial charge in [-0.2, -0.15) is 0 Å². The summed E-state index contributed by atoms with van der Waals surface area (Å²) < 4.78 is 28.7. The first kappa shape index (κ1) is 25.6. The van der Waals surface area contributed by atoms with Crippen LogP contribution in [-0.2, 0) is 20.9 Å². The number of amides is 1. The van der Waals surface area contributed by atoms with Crippen LogP contribution in [0, 0.1) is 12.7 Å². The van der Waals surface area contributed by atoms with Crippen molar-refractivity contribution in [2.75, 3.05) is 21.3 Å². The molecule has 1 heterocycles. The summed E-state index contributed by atoms with van der Waals surface area (Å²) in [6.07, 6.45) is -0.0707. The summed E-state index contributed by atoms with van der Waals surface area (Å²) in [5.41, 5.74) is 2.47. The van der Waals surface area contributed by atoms with E-state index in [4.69, 9.17) is 14.2 Å². The van der Waals surface area contributed by atoms with Crippen molar-refractivity contribution < 1.29 is 28.2 Å². The molecule has 1 saturated heterocycles. The molecule has 2 atom stereocenters. The van der Waals surface area contributed by atoms with E-state index in [1.165, 1.54) is 31.0 Å². The molecule has 0 N–H and O–H groups in total. The van der Waals surface area contributed by atoms with Gasteiger partial charge in [0.05, 0.1) is 33.8 Å². The average molecular weight is 510 g/mol. The van der Waals surface area contributed by atoms with E-state index < -0.39 is 22.6 Å². The van der Waals surface area contributed by atoms with Crippen LogP contribution < -0.4 is 9.47 Å². The van der Waals surface area contributed by atoms with Crippen LogP contribution >= 0.6 is 11.8 Å².